The molecule has 1 aliphatic rings. The molecule has 2 rings (SSSR count). The van der Waals surface area contributed by atoms with E-state index in [4.69, 9.17) is 0 Å². The summed E-state index contributed by atoms with van der Waals surface area (Å²) in [5, 5.41) is 6.11. The molecule has 1 aromatic rings. The lowest BCUT2D eigenvalue weighted by atomic mass is 9.87. The second-order valence-corrected chi connectivity index (χ2v) is 5.43. The largest absolute Gasteiger partial charge is 0.382 e. The number of carbonyl (C=O) groups excluding carboxylic acids is 2. The van der Waals surface area contributed by atoms with Gasteiger partial charge in [-0.25, -0.2) is 0 Å². The molecule has 5 nitrogen and oxygen atoms in total. The van der Waals surface area contributed by atoms with Gasteiger partial charge in [-0.2, -0.15) is 0 Å². The van der Waals surface area contributed by atoms with Crippen LogP contribution >= 0.6 is 0 Å². The molecule has 0 radical (unpaired) electrons. The van der Waals surface area contributed by atoms with Crippen LogP contribution in [0.15, 0.2) is 24.3 Å². The molecule has 2 amide bonds. The first-order chi connectivity index (χ1) is 9.49. The van der Waals surface area contributed by atoms with Crippen LogP contribution < -0.4 is 10.6 Å². The van der Waals surface area contributed by atoms with Gasteiger partial charge in [0.15, 0.2) is 0 Å². The Morgan fingerprint density at radius 1 is 1.35 bits per heavy atom. The van der Waals surface area contributed by atoms with E-state index in [1.807, 2.05) is 24.3 Å². The van der Waals surface area contributed by atoms with Crippen molar-refractivity contribution < 1.29 is 9.59 Å². The van der Waals surface area contributed by atoms with Crippen molar-refractivity contribution in [3.63, 3.8) is 0 Å². The van der Waals surface area contributed by atoms with Gasteiger partial charge in [0.1, 0.15) is 0 Å². The van der Waals surface area contributed by atoms with Crippen molar-refractivity contribution in [2.45, 2.75) is 25.3 Å². The number of rotatable bonds is 3. The van der Waals surface area contributed by atoms with Crippen LogP contribution in [0.3, 0.4) is 0 Å². The van der Waals surface area contributed by atoms with Crippen molar-refractivity contribution in [1.82, 2.24) is 10.2 Å². The zero-order valence-electron chi connectivity index (χ0n) is 12.1. The van der Waals surface area contributed by atoms with Gasteiger partial charge in [0.2, 0.25) is 11.8 Å². The molecule has 2 atom stereocenters. The number of nitrogens with zero attached hydrogens (tertiary/aromatic N) is 1. The third-order valence-corrected chi connectivity index (χ3v) is 3.56. The Balaban J connectivity index is 2.08. The van der Waals surface area contributed by atoms with Crippen LogP contribution in [0.5, 0.6) is 0 Å². The Bertz CT molecular complexity index is 514. The van der Waals surface area contributed by atoms with Crippen LogP contribution in [0.2, 0.25) is 0 Å². The molecule has 0 fully saturated rings. The lowest BCUT2D eigenvalue weighted by molar-refractivity contribution is -0.131. The standard InChI is InChI=1S/C15H21N3O2/c1-10-8-12(11-6-4-5-7-13(11)17-10)15(20)16-9-14(19)18(2)3/h4-7,10,12,17H,8-9H2,1-3H3,(H,16,20). The highest BCUT2D eigenvalue weighted by Crippen LogP contribution is 2.33. The number of carbonyl (C=O) groups is 2. The molecule has 0 saturated heterocycles. The number of hydrogen-bond acceptors (Lipinski definition) is 3. The van der Waals surface area contributed by atoms with Crippen molar-refractivity contribution in [2.24, 2.45) is 0 Å². The molecule has 0 bridgehead atoms. The van der Waals surface area contributed by atoms with Gasteiger partial charge < -0.3 is 15.5 Å². The summed E-state index contributed by atoms with van der Waals surface area (Å²) in [6, 6.07) is 8.07. The van der Waals surface area contributed by atoms with E-state index in [1.165, 1.54) is 4.90 Å². The Hall–Kier alpha value is -2.04. The maximum atomic E-state index is 12.3. The molecule has 0 saturated carbocycles. The molecule has 1 aromatic carbocycles. The third kappa shape index (κ3) is 3.10. The molecule has 0 aromatic heterocycles. The van der Waals surface area contributed by atoms with Crippen LogP contribution in [0, 0.1) is 0 Å². The second-order valence-electron chi connectivity index (χ2n) is 5.43. The maximum Gasteiger partial charge on any atom is 0.241 e. The van der Waals surface area contributed by atoms with Gasteiger partial charge in [-0.05, 0) is 25.0 Å². The first kappa shape index (κ1) is 14.4. The van der Waals surface area contributed by atoms with Crippen LogP contribution in [0.4, 0.5) is 5.69 Å². The van der Waals surface area contributed by atoms with Crippen molar-refractivity contribution in [2.75, 3.05) is 26.0 Å². The Morgan fingerprint density at radius 3 is 2.75 bits per heavy atom. The molecule has 1 heterocycles. The lowest BCUT2D eigenvalue weighted by Gasteiger charge is -2.30. The van der Waals surface area contributed by atoms with Crippen molar-refractivity contribution in [3.05, 3.63) is 29.8 Å². The van der Waals surface area contributed by atoms with Crippen molar-refractivity contribution in [3.8, 4) is 0 Å². The van der Waals surface area contributed by atoms with Crippen molar-refractivity contribution >= 4 is 17.5 Å². The quantitative estimate of drug-likeness (QED) is 0.871. The fourth-order valence-electron chi connectivity index (χ4n) is 2.43. The normalized spacial score (nSPS) is 20.6. The number of para-hydroxylation sites is 1. The van der Waals surface area contributed by atoms with Gasteiger partial charge in [0, 0.05) is 25.8 Å². The van der Waals surface area contributed by atoms with E-state index in [0.29, 0.717) is 0 Å². The molecule has 2 N–H and O–H groups in total. The molecule has 2 unspecified atom stereocenters. The number of amides is 2. The van der Waals surface area contributed by atoms with E-state index in [2.05, 4.69) is 17.6 Å². The molecule has 0 aliphatic carbocycles. The fourth-order valence-corrected chi connectivity index (χ4v) is 2.43. The summed E-state index contributed by atoms with van der Waals surface area (Å²) in [5.74, 6) is -0.382. The Kier molecular flexibility index (Phi) is 4.27. The van der Waals surface area contributed by atoms with Gasteiger partial charge in [0.25, 0.3) is 0 Å². The first-order valence-electron chi connectivity index (χ1n) is 6.82. The first-order valence-corrected chi connectivity index (χ1v) is 6.82. The van der Waals surface area contributed by atoms with Crippen LogP contribution in [-0.4, -0.2) is 43.4 Å². The van der Waals surface area contributed by atoms with E-state index in [0.717, 1.165) is 17.7 Å². The molecule has 20 heavy (non-hydrogen) atoms. The fraction of sp³-hybridized carbons (Fsp3) is 0.467. The minimum Gasteiger partial charge on any atom is -0.382 e. The third-order valence-electron chi connectivity index (χ3n) is 3.56. The summed E-state index contributed by atoms with van der Waals surface area (Å²) in [4.78, 5) is 25.3. The van der Waals surface area contributed by atoms with Gasteiger partial charge in [0.05, 0.1) is 12.5 Å². The van der Waals surface area contributed by atoms with Gasteiger partial charge in [-0.3, -0.25) is 9.59 Å². The summed E-state index contributed by atoms with van der Waals surface area (Å²) >= 11 is 0. The highest BCUT2D eigenvalue weighted by molar-refractivity contribution is 5.90. The number of fused-ring (bicyclic) bond motifs is 1. The number of anilines is 1. The van der Waals surface area contributed by atoms with Gasteiger partial charge >= 0.3 is 0 Å². The molecular weight excluding hydrogens is 254 g/mol. The topological polar surface area (TPSA) is 61.4 Å². The minimum atomic E-state index is -0.197. The zero-order chi connectivity index (χ0) is 14.7. The number of hydrogen-bond donors (Lipinski definition) is 2. The summed E-state index contributed by atoms with van der Waals surface area (Å²) in [6.07, 6.45) is 0.735. The summed E-state index contributed by atoms with van der Waals surface area (Å²) in [6.45, 7) is 2.10. The Labute approximate surface area is 119 Å². The van der Waals surface area contributed by atoms with Crippen LogP contribution in [-0.2, 0) is 9.59 Å². The van der Waals surface area contributed by atoms with E-state index in [1.54, 1.807) is 14.1 Å². The van der Waals surface area contributed by atoms with E-state index in [9.17, 15) is 9.59 Å². The molecular formula is C15H21N3O2. The maximum absolute atomic E-state index is 12.3. The molecule has 5 heteroatoms. The lowest BCUT2D eigenvalue weighted by Crippen LogP contribution is -2.40. The molecule has 0 spiro atoms. The van der Waals surface area contributed by atoms with Crippen molar-refractivity contribution in [1.29, 1.82) is 0 Å². The van der Waals surface area contributed by atoms with E-state index in [-0.39, 0.29) is 30.3 Å². The molecule has 1 aliphatic heterocycles. The highest BCUT2D eigenvalue weighted by Gasteiger charge is 2.29. The highest BCUT2D eigenvalue weighted by atomic mass is 16.2. The van der Waals surface area contributed by atoms with Gasteiger partial charge in [-0.1, -0.05) is 18.2 Å². The van der Waals surface area contributed by atoms with E-state index >= 15 is 0 Å². The number of likely N-dealkylation sites (N-methyl/N-ethyl adjacent to an activating group) is 1. The average Bonchev–Trinajstić information content (AvgIpc) is 2.43. The SMILES string of the molecule is CC1CC(C(=O)NCC(=O)N(C)C)c2ccccc2N1. The number of benzene rings is 1. The summed E-state index contributed by atoms with van der Waals surface area (Å²) < 4.78 is 0. The monoisotopic (exact) mass is 275 g/mol. The van der Waals surface area contributed by atoms with E-state index < -0.39 is 0 Å². The smallest absolute Gasteiger partial charge is 0.241 e. The minimum absolute atomic E-state index is 0.0479. The second kappa shape index (κ2) is 5.94. The van der Waals surface area contributed by atoms with Crippen LogP contribution in [0.1, 0.15) is 24.8 Å². The zero-order valence-corrected chi connectivity index (χ0v) is 12.1. The molecule has 108 valence electrons. The van der Waals surface area contributed by atoms with Gasteiger partial charge in [-0.15, -0.1) is 0 Å². The Morgan fingerprint density at radius 2 is 2.05 bits per heavy atom. The predicted molar refractivity (Wildman–Crippen MR) is 78.6 cm³/mol. The number of nitrogens with one attached hydrogen (secondary N) is 2. The predicted octanol–water partition coefficient (Wildman–Crippen LogP) is 1.18. The summed E-state index contributed by atoms with van der Waals surface area (Å²) in [7, 11) is 3.35. The average molecular weight is 275 g/mol. The summed E-state index contributed by atoms with van der Waals surface area (Å²) in [5.41, 5.74) is 2.01. The van der Waals surface area contributed by atoms with Crippen LogP contribution in [0.25, 0.3) is 0 Å².